The number of rotatable bonds is 5. The Bertz CT molecular complexity index is 635. The summed E-state index contributed by atoms with van der Waals surface area (Å²) >= 11 is 0. The fourth-order valence-corrected chi connectivity index (χ4v) is 2.47. The lowest BCUT2D eigenvalue weighted by Crippen LogP contribution is -2.29. The van der Waals surface area contributed by atoms with Gasteiger partial charge in [0, 0.05) is 31.3 Å². The number of carbonyl (C=O) groups is 1. The number of hydrogen-bond acceptors (Lipinski definition) is 4. The van der Waals surface area contributed by atoms with Crippen LogP contribution in [0.3, 0.4) is 0 Å². The maximum absolute atomic E-state index is 12.3. The zero-order valence-electron chi connectivity index (χ0n) is 12.6. The molecule has 21 heavy (non-hydrogen) atoms. The third-order valence-corrected chi connectivity index (χ3v) is 4.05. The zero-order chi connectivity index (χ0) is 15.0. The number of carbonyl (C=O) groups excluding carboxylic acids is 1. The second-order valence-corrected chi connectivity index (χ2v) is 5.78. The molecule has 2 aromatic rings. The van der Waals surface area contributed by atoms with Gasteiger partial charge in [0.05, 0.1) is 5.69 Å². The minimum Gasteiger partial charge on any atom is -0.360 e. The van der Waals surface area contributed by atoms with Crippen molar-refractivity contribution < 1.29 is 9.32 Å². The van der Waals surface area contributed by atoms with Crippen molar-refractivity contribution in [1.82, 2.24) is 20.3 Å². The minimum absolute atomic E-state index is 0.0931. The Morgan fingerprint density at radius 3 is 2.86 bits per heavy atom. The number of hydrogen-bond donors (Lipinski definition) is 1. The van der Waals surface area contributed by atoms with Gasteiger partial charge in [-0.2, -0.15) is 5.10 Å². The number of nitrogens with one attached hydrogen (secondary N) is 1. The summed E-state index contributed by atoms with van der Waals surface area (Å²) in [6.07, 6.45) is 3.05. The average molecular weight is 288 g/mol. The van der Waals surface area contributed by atoms with Gasteiger partial charge in [-0.1, -0.05) is 5.16 Å². The molecule has 6 nitrogen and oxygen atoms in total. The molecule has 0 aliphatic heterocycles. The maximum atomic E-state index is 12.3. The average Bonchev–Trinajstić information content (AvgIpc) is 3.12. The van der Waals surface area contributed by atoms with Crippen molar-refractivity contribution in [3.8, 4) is 0 Å². The van der Waals surface area contributed by atoms with Crippen LogP contribution in [0.2, 0.25) is 0 Å². The van der Waals surface area contributed by atoms with E-state index in [0.29, 0.717) is 18.2 Å². The van der Waals surface area contributed by atoms with Crippen molar-refractivity contribution in [3.63, 3.8) is 0 Å². The third kappa shape index (κ3) is 2.84. The molecule has 0 radical (unpaired) electrons. The highest BCUT2D eigenvalue weighted by atomic mass is 16.5. The topological polar surface area (TPSA) is 75.0 Å². The summed E-state index contributed by atoms with van der Waals surface area (Å²) in [5.74, 6) is 1.22. The highest BCUT2D eigenvalue weighted by Crippen LogP contribution is 2.40. The van der Waals surface area contributed by atoms with E-state index in [1.165, 1.54) is 5.56 Å². The first kappa shape index (κ1) is 13.9. The van der Waals surface area contributed by atoms with Crippen molar-refractivity contribution in [2.24, 2.45) is 0 Å². The van der Waals surface area contributed by atoms with Crippen molar-refractivity contribution in [3.05, 3.63) is 34.5 Å². The van der Waals surface area contributed by atoms with E-state index in [4.69, 9.17) is 4.52 Å². The quantitative estimate of drug-likeness (QED) is 0.915. The number of amides is 1. The molecule has 1 aliphatic rings. The van der Waals surface area contributed by atoms with E-state index in [-0.39, 0.29) is 5.91 Å². The summed E-state index contributed by atoms with van der Waals surface area (Å²) in [6, 6.07) is 1.78. The van der Waals surface area contributed by atoms with Gasteiger partial charge in [0.15, 0.2) is 5.69 Å². The molecule has 1 fully saturated rings. The molecule has 0 aromatic carbocycles. The van der Waals surface area contributed by atoms with Crippen LogP contribution in [0, 0.1) is 13.8 Å². The van der Waals surface area contributed by atoms with Crippen LogP contribution in [0.4, 0.5) is 0 Å². The van der Waals surface area contributed by atoms with E-state index in [1.54, 1.807) is 18.0 Å². The smallest absolute Gasteiger partial charge is 0.275 e. The predicted octanol–water partition coefficient (Wildman–Crippen LogP) is 2.21. The standard InChI is InChI=1S/C15H20N4O2/c1-9-12(10(2)17-16-9)6-7-19(3)15(20)13-8-14(21-18-13)11-4-5-11/h8,11H,4-7H2,1-3H3,(H,16,17). The molecule has 2 heterocycles. The van der Waals surface area contributed by atoms with E-state index in [0.717, 1.165) is 36.4 Å². The van der Waals surface area contributed by atoms with Crippen LogP contribution in [0.25, 0.3) is 0 Å². The molecule has 112 valence electrons. The molecular formula is C15H20N4O2. The SMILES string of the molecule is Cc1n[nH]c(C)c1CCN(C)C(=O)c1cc(C2CC2)on1. The Hall–Kier alpha value is -2.11. The molecule has 1 aliphatic carbocycles. The second kappa shape index (κ2) is 5.35. The maximum Gasteiger partial charge on any atom is 0.275 e. The van der Waals surface area contributed by atoms with E-state index in [2.05, 4.69) is 15.4 Å². The molecule has 0 bridgehead atoms. The van der Waals surface area contributed by atoms with Crippen LogP contribution in [-0.2, 0) is 6.42 Å². The van der Waals surface area contributed by atoms with Gasteiger partial charge in [-0.15, -0.1) is 0 Å². The highest BCUT2D eigenvalue weighted by Gasteiger charge is 2.29. The Morgan fingerprint density at radius 1 is 1.48 bits per heavy atom. The number of aromatic amines is 1. The predicted molar refractivity (Wildman–Crippen MR) is 77.2 cm³/mol. The van der Waals surface area contributed by atoms with E-state index < -0.39 is 0 Å². The van der Waals surface area contributed by atoms with Gasteiger partial charge in [0.25, 0.3) is 5.91 Å². The van der Waals surface area contributed by atoms with Crippen LogP contribution in [0.1, 0.15) is 52.0 Å². The summed E-state index contributed by atoms with van der Waals surface area (Å²) < 4.78 is 5.24. The zero-order valence-corrected chi connectivity index (χ0v) is 12.6. The van der Waals surface area contributed by atoms with E-state index >= 15 is 0 Å². The normalized spacial score (nSPS) is 14.4. The molecule has 1 saturated carbocycles. The Labute approximate surface area is 123 Å². The van der Waals surface area contributed by atoms with E-state index in [9.17, 15) is 4.79 Å². The number of likely N-dealkylation sites (N-methyl/N-ethyl adjacent to an activating group) is 1. The van der Waals surface area contributed by atoms with Crippen LogP contribution < -0.4 is 0 Å². The lowest BCUT2D eigenvalue weighted by atomic mass is 10.1. The lowest BCUT2D eigenvalue weighted by Gasteiger charge is -2.15. The van der Waals surface area contributed by atoms with Gasteiger partial charge < -0.3 is 9.42 Å². The van der Waals surface area contributed by atoms with Crippen LogP contribution in [0.5, 0.6) is 0 Å². The molecule has 0 unspecified atom stereocenters. The van der Waals surface area contributed by atoms with Gasteiger partial charge in [0.2, 0.25) is 0 Å². The summed E-state index contributed by atoms with van der Waals surface area (Å²) in [5.41, 5.74) is 3.63. The minimum atomic E-state index is -0.0931. The molecule has 0 spiro atoms. The van der Waals surface area contributed by atoms with Gasteiger partial charge >= 0.3 is 0 Å². The summed E-state index contributed by atoms with van der Waals surface area (Å²) in [4.78, 5) is 14.0. The highest BCUT2D eigenvalue weighted by molar-refractivity contribution is 5.92. The second-order valence-electron chi connectivity index (χ2n) is 5.78. The Balaban J connectivity index is 1.61. The first-order chi connectivity index (χ1) is 10.1. The van der Waals surface area contributed by atoms with Crippen LogP contribution >= 0.6 is 0 Å². The van der Waals surface area contributed by atoms with Crippen molar-refractivity contribution in [2.75, 3.05) is 13.6 Å². The first-order valence-corrected chi connectivity index (χ1v) is 7.28. The number of H-pyrrole nitrogens is 1. The molecule has 1 amide bonds. The first-order valence-electron chi connectivity index (χ1n) is 7.28. The van der Waals surface area contributed by atoms with Crippen LogP contribution in [0.15, 0.2) is 10.6 Å². The molecule has 0 atom stereocenters. The number of nitrogens with zero attached hydrogens (tertiary/aromatic N) is 3. The third-order valence-electron chi connectivity index (χ3n) is 4.05. The van der Waals surface area contributed by atoms with Crippen molar-refractivity contribution in [1.29, 1.82) is 0 Å². The molecule has 2 aromatic heterocycles. The largest absolute Gasteiger partial charge is 0.360 e. The van der Waals surface area contributed by atoms with Gasteiger partial charge in [0.1, 0.15) is 5.76 Å². The molecule has 1 N–H and O–H groups in total. The lowest BCUT2D eigenvalue weighted by molar-refractivity contribution is 0.0786. The van der Waals surface area contributed by atoms with Gasteiger partial charge in [-0.05, 0) is 38.7 Å². The van der Waals surface area contributed by atoms with Crippen molar-refractivity contribution in [2.45, 2.75) is 39.0 Å². The molecule has 3 rings (SSSR count). The van der Waals surface area contributed by atoms with E-state index in [1.807, 2.05) is 13.8 Å². The Morgan fingerprint density at radius 2 is 2.24 bits per heavy atom. The van der Waals surface area contributed by atoms with Crippen molar-refractivity contribution >= 4 is 5.91 Å². The van der Waals surface area contributed by atoms with Gasteiger partial charge in [-0.3, -0.25) is 9.89 Å². The summed E-state index contributed by atoms with van der Waals surface area (Å²) in [6.45, 7) is 4.60. The number of aryl methyl sites for hydroxylation is 2. The summed E-state index contributed by atoms with van der Waals surface area (Å²) in [5, 5.41) is 11.0. The Kier molecular flexibility index (Phi) is 3.53. The molecular weight excluding hydrogens is 268 g/mol. The molecule has 0 saturated heterocycles. The fourth-order valence-electron chi connectivity index (χ4n) is 2.47. The van der Waals surface area contributed by atoms with Gasteiger partial charge in [-0.25, -0.2) is 0 Å². The van der Waals surface area contributed by atoms with Crippen LogP contribution in [-0.4, -0.2) is 39.8 Å². The summed E-state index contributed by atoms with van der Waals surface area (Å²) in [7, 11) is 1.79. The number of aromatic nitrogens is 3. The molecule has 6 heteroatoms. The fraction of sp³-hybridized carbons (Fsp3) is 0.533. The monoisotopic (exact) mass is 288 g/mol.